The van der Waals surface area contributed by atoms with Crippen LogP contribution in [0.3, 0.4) is 0 Å². The van der Waals surface area contributed by atoms with Crippen molar-refractivity contribution in [2.75, 3.05) is 14.2 Å². The number of hydrogen-bond donors (Lipinski definition) is 1. The van der Waals surface area contributed by atoms with Crippen molar-refractivity contribution in [3.63, 3.8) is 0 Å². The Labute approximate surface area is 183 Å². The first kappa shape index (κ1) is 22.4. The standard InChI is InChI=1S/C24H29N3O4/c1-17(2)25-24(28)21-16-31-23(26-21)15-27(13-18-8-6-5-7-9-18)14-19-12-20(29-3)10-11-22(19)30-4/h5-12,16-17H,13-15H2,1-4H3,(H,25,28). The van der Waals surface area contributed by atoms with Crippen LogP contribution in [0.5, 0.6) is 11.5 Å². The lowest BCUT2D eigenvalue weighted by Crippen LogP contribution is -2.30. The molecule has 3 rings (SSSR count). The molecule has 0 aliphatic rings. The number of oxazole rings is 1. The van der Waals surface area contributed by atoms with Gasteiger partial charge in [0.1, 0.15) is 17.8 Å². The summed E-state index contributed by atoms with van der Waals surface area (Å²) in [5.41, 5.74) is 2.43. The van der Waals surface area contributed by atoms with Gasteiger partial charge in [-0.25, -0.2) is 4.98 Å². The number of hydrogen-bond acceptors (Lipinski definition) is 6. The topological polar surface area (TPSA) is 76.8 Å². The summed E-state index contributed by atoms with van der Waals surface area (Å²) < 4.78 is 16.5. The molecule has 164 valence electrons. The molecule has 1 amide bonds. The number of nitrogens with zero attached hydrogens (tertiary/aromatic N) is 2. The molecule has 0 aliphatic heterocycles. The molecule has 0 fully saturated rings. The van der Waals surface area contributed by atoms with E-state index in [4.69, 9.17) is 13.9 Å². The minimum absolute atomic E-state index is 0.0303. The Morgan fingerprint density at radius 1 is 1.06 bits per heavy atom. The summed E-state index contributed by atoms with van der Waals surface area (Å²) in [6.45, 7) is 5.51. The number of rotatable bonds is 10. The highest BCUT2D eigenvalue weighted by atomic mass is 16.5. The number of methoxy groups -OCH3 is 2. The molecule has 7 heteroatoms. The summed E-state index contributed by atoms with van der Waals surface area (Å²) in [5.74, 6) is 1.78. The van der Waals surface area contributed by atoms with Crippen molar-refractivity contribution >= 4 is 5.91 Å². The molecular formula is C24H29N3O4. The molecule has 0 bridgehead atoms. The van der Waals surface area contributed by atoms with E-state index in [1.54, 1.807) is 14.2 Å². The smallest absolute Gasteiger partial charge is 0.273 e. The zero-order chi connectivity index (χ0) is 22.2. The van der Waals surface area contributed by atoms with E-state index in [0.717, 1.165) is 22.6 Å². The Balaban J connectivity index is 1.82. The number of carbonyl (C=O) groups excluding carboxylic acids is 1. The first-order valence-electron chi connectivity index (χ1n) is 10.2. The summed E-state index contributed by atoms with van der Waals surface area (Å²) in [5, 5.41) is 2.83. The molecule has 0 saturated carbocycles. The van der Waals surface area contributed by atoms with Gasteiger partial charge in [0.25, 0.3) is 5.91 Å². The van der Waals surface area contributed by atoms with E-state index in [1.807, 2.05) is 50.2 Å². The van der Waals surface area contributed by atoms with E-state index in [2.05, 4.69) is 27.3 Å². The first-order chi connectivity index (χ1) is 15.0. The molecule has 31 heavy (non-hydrogen) atoms. The largest absolute Gasteiger partial charge is 0.497 e. The zero-order valence-electron chi connectivity index (χ0n) is 18.4. The van der Waals surface area contributed by atoms with Crippen LogP contribution in [0.2, 0.25) is 0 Å². The van der Waals surface area contributed by atoms with E-state index < -0.39 is 0 Å². The average Bonchev–Trinajstić information content (AvgIpc) is 3.22. The minimum Gasteiger partial charge on any atom is -0.497 e. The van der Waals surface area contributed by atoms with Crippen molar-refractivity contribution in [3.05, 3.63) is 77.5 Å². The molecule has 3 aromatic rings. The Kier molecular flexibility index (Phi) is 7.67. The normalized spacial score (nSPS) is 11.0. The van der Waals surface area contributed by atoms with Gasteiger partial charge in [-0.2, -0.15) is 0 Å². The maximum absolute atomic E-state index is 12.2. The van der Waals surface area contributed by atoms with Crippen molar-refractivity contribution in [3.8, 4) is 11.5 Å². The summed E-state index contributed by atoms with van der Waals surface area (Å²) in [7, 11) is 3.30. The fourth-order valence-corrected chi connectivity index (χ4v) is 3.27. The predicted octanol–water partition coefficient (Wildman–Crippen LogP) is 4.03. The lowest BCUT2D eigenvalue weighted by Gasteiger charge is -2.22. The van der Waals surface area contributed by atoms with Gasteiger partial charge >= 0.3 is 0 Å². The SMILES string of the molecule is COc1ccc(OC)c(CN(Cc2ccccc2)Cc2nc(C(=O)NC(C)C)co2)c1. The second-order valence-corrected chi connectivity index (χ2v) is 7.56. The molecule has 1 aromatic heterocycles. The van der Waals surface area contributed by atoms with Crippen LogP contribution in [0.15, 0.2) is 59.2 Å². The summed E-state index contributed by atoms with van der Waals surface area (Å²) in [4.78, 5) is 18.8. The lowest BCUT2D eigenvalue weighted by atomic mass is 10.1. The average molecular weight is 424 g/mol. The fourth-order valence-electron chi connectivity index (χ4n) is 3.27. The number of ether oxygens (including phenoxy) is 2. The first-order valence-corrected chi connectivity index (χ1v) is 10.2. The number of benzene rings is 2. The van der Waals surface area contributed by atoms with E-state index in [1.165, 1.54) is 6.26 Å². The van der Waals surface area contributed by atoms with Crippen LogP contribution in [0.1, 0.15) is 41.4 Å². The molecule has 0 spiro atoms. The molecule has 0 saturated heterocycles. The summed E-state index contributed by atoms with van der Waals surface area (Å²) in [6, 6.07) is 15.9. The molecule has 1 N–H and O–H groups in total. The Hall–Kier alpha value is -3.32. The second-order valence-electron chi connectivity index (χ2n) is 7.56. The van der Waals surface area contributed by atoms with Crippen LogP contribution in [0, 0.1) is 0 Å². The highest BCUT2D eigenvalue weighted by Gasteiger charge is 2.18. The van der Waals surface area contributed by atoms with Crippen LogP contribution < -0.4 is 14.8 Å². The molecule has 1 heterocycles. The number of amides is 1. The molecule has 0 unspecified atom stereocenters. The number of carbonyl (C=O) groups is 1. The minimum atomic E-state index is -0.242. The Morgan fingerprint density at radius 3 is 2.52 bits per heavy atom. The molecule has 7 nitrogen and oxygen atoms in total. The second kappa shape index (κ2) is 10.6. The number of aromatic nitrogens is 1. The van der Waals surface area contributed by atoms with Crippen molar-refractivity contribution in [2.24, 2.45) is 0 Å². The van der Waals surface area contributed by atoms with Crippen molar-refractivity contribution in [1.29, 1.82) is 0 Å². The van der Waals surface area contributed by atoms with Gasteiger partial charge in [-0.1, -0.05) is 30.3 Å². The Bertz CT molecular complexity index is 985. The van der Waals surface area contributed by atoms with Crippen molar-refractivity contribution in [2.45, 2.75) is 39.5 Å². The van der Waals surface area contributed by atoms with Gasteiger partial charge in [0.2, 0.25) is 5.89 Å². The molecule has 0 atom stereocenters. The highest BCUT2D eigenvalue weighted by molar-refractivity contribution is 5.92. The maximum Gasteiger partial charge on any atom is 0.273 e. The predicted molar refractivity (Wildman–Crippen MR) is 118 cm³/mol. The van der Waals surface area contributed by atoms with Gasteiger partial charge in [0.15, 0.2) is 5.69 Å². The summed E-state index contributed by atoms with van der Waals surface area (Å²) in [6.07, 6.45) is 1.40. The van der Waals surface area contributed by atoms with Gasteiger partial charge in [-0.15, -0.1) is 0 Å². The molecular weight excluding hydrogens is 394 g/mol. The van der Waals surface area contributed by atoms with Crippen molar-refractivity contribution < 1.29 is 18.7 Å². The highest BCUT2D eigenvalue weighted by Crippen LogP contribution is 2.26. The lowest BCUT2D eigenvalue weighted by molar-refractivity contribution is 0.0938. The zero-order valence-corrected chi connectivity index (χ0v) is 18.4. The van der Waals surface area contributed by atoms with Gasteiger partial charge in [0.05, 0.1) is 20.8 Å². The third kappa shape index (κ3) is 6.33. The molecule has 0 radical (unpaired) electrons. The monoisotopic (exact) mass is 423 g/mol. The summed E-state index contributed by atoms with van der Waals surface area (Å²) >= 11 is 0. The van der Waals surface area contributed by atoms with Crippen LogP contribution in [-0.4, -0.2) is 36.1 Å². The number of nitrogens with one attached hydrogen (secondary N) is 1. The Morgan fingerprint density at radius 2 is 1.84 bits per heavy atom. The maximum atomic E-state index is 12.2. The van der Waals surface area contributed by atoms with Gasteiger partial charge in [-0.05, 0) is 37.6 Å². The molecule has 2 aromatic carbocycles. The van der Waals surface area contributed by atoms with Crippen molar-refractivity contribution in [1.82, 2.24) is 15.2 Å². The third-order valence-corrected chi connectivity index (χ3v) is 4.69. The fraction of sp³-hybridized carbons (Fsp3) is 0.333. The van der Waals surface area contributed by atoms with Gasteiger partial charge < -0.3 is 19.2 Å². The quantitative estimate of drug-likeness (QED) is 0.531. The molecule has 0 aliphatic carbocycles. The van der Waals surface area contributed by atoms with E-state index >= 15 is 0 Å². The van der Waals surface area contributed by atoms with E-state index in [9.17, 15) is 4.79 Å². The van der Waals surface area contributed by atoms with Crippen LogP contribution >= 0.6 is 0 Å². The van der Waals surface area contributed by atoms with E-state index in [0.29, 0.717) is 25.5 Å². The van der Waals surface area contributed by atoms with Crippen LogP contribution in [-0.2, 0) is 19.6 Å². The van der Waals surface area contributed by atoms with Crippen LogP contribution in [0.25, 0.3) is 0 Å². The van der Waals surface area contributed by atoms with Gasteiger partial charge in [0, 0.05) is 24.7 Å². The van der Waals surface area contributed by atoms with Gasteiger partial charge in [-0.3, -0.25) is 9.69 Å². The third-order valence-electron chi connectivity index (χ3n) is 4.69. The van der Waals surface area contributed by atoms with E-state index in [-0.39, 0.29) is 17.6 Å². The van der Waals surface area contributed by atoms with Crippen LogP contribution in [0.4, 0.5) is 0 Å².